The van der Waals surface area contributed by atoms with Crippen LogP contribution in [0.4, 0.5) is 0 Å². The molecule has 0 spiro atoms. The number of carboxylic acid groups (broad SMARTS) is 1. The van der Waals surface area contributed by atoms with E-state index < -0.39 is 5.97 Å². The molecule has 2 atom stereocenters. The highest BCUT2D eigenvalue weighted by atomic mass is 32.2. The topological polar surface area (TPSA) is 37.3 Å². The fraction of sp³-hybridized carbons (Fsp3) is 0.682. The second-order valence-corrected chi connectivity index (χ2v) is 8.95. The molecule has 0 aromatic carbocycles. The summed E-state index contributed by atoms with van der Waals surface area (Å²) in [6, 6.07) is 0. The molecule has 1 rings (SSSR count). The van der Waals surface area contributed by atoms with E-state index in [1.54, 1.807) is 0 Å². The van der Waals surface area contributed by atoms with Gasteiger partial charge in [-0.3, -0.25) is 4.79 Å². The lowest BCUT2D eigenvalue weighted by molar-refractivity contribution is -0.142. The third kappa shape index (κ3) is 10.6. The molecule has 1 aliphatic carbocycles. The van der Waals surface area contributed by atoms with Crippen LogP contribution >= 0.6 is 11.8 Å². The van der Waals surface area contributed by atoms with Crippen molar-refractivity contribution in [2.24, 2.45) is 5.92 Å². The lowest BCUT2D eigenvalue weighted by atomic mass is 9.89. The van der Waals surface area contributed by atoms with Gasteiger partial charge in [-0.2, -0.15) is 11.8 Å². The molecule has 0 saturated heterocycles. The van der Waals surface area contributed by atoms with E-state index in [-0.39, 0.29) is 5.92 Å². The molecule has 1 saturated carbocycles. The first-order chi connectivity index (χ1) is 11.9. The molecule has 1 fully saturated rings. The van der Waals surface area contributed by atoms with Gasteiger partial charge in [-0.1, -0.05) is 41.4 Å². The largest absolute Gasteiger partial charge is 0.481 e. The highest BCUT2D eigenvalue weighted by molar-refractivity contribution is 8.00. The van der Waals surface area contributed by atoms with Crippen molar-refractivity contribution in [2.45, 2.75) is 84.3 Å². The fourth-order valence-electron chi connectivity index (χ4n) is 3.19. The summed E-state index contributed by atoms with van der Waals surface area (Å²) in [7, 11) is 0. The van der Waals surface area contributed by atoms with Crippen molar-refractivity contribution in [3.63, 3.8) is 0 Å². The van der Waals surface area contributed by atoms with Gasteiger partial charge >= 0.3 is 5.97 Å². The molecular formula is C22H36O2S. The minimum atomic E-state index is -0.608. The Balaban J connectivity index is 2.23. The number of rotatable bonds is 10. The van der Waals surface area contributed by atoms with Crippen LogP contribution in [0.1, 0.15) is 79.1 Å². The maximum Gasteiger partial charge on any atom is 0.306 e. The standard InChI is InChI=1S/C22H36O2S/c1-17(2)8-5-9-18(3)10-6-11-19(4)14-15-25-21-13-7-12-20(16-21)22(23)24/h8,10,14,20-21H,5-7,9,11-13,15-16H2,1-4H3,(H,23,24). The van der Waals surface area contributed by atoms with Gasteiger partial charge in [0.05, 0.1) is 5.92 Å². The highest BCUT2D eigenvalue weighted by Crippen LogP contribution is 2.32. The van der Waals surface area contributed by atoms with Crippen LogP contribution in [-0.2, 0) is 4.79 Å². The normalized spacial score (nSPS) is 21.9. The fourth-order valence-corrected chi connectivity index (χ4v) is 4.54. The molecule has 0 aromatic heterocycles. The Kier molecular flexibility index (Phi) is 11.0. The molecule has 0 aromatic rings. The number of aliphatic carboxylic acids is 1. The Morgan fingerprint density at radius 3 is 2.28 bits per heavy atom. The maximum absolute atomic E-state index is 11.1. The average Bonchev–Trinajstić information content (AvgIpc) is 2.54. The van der Waals surface area contributed by atoms with Crippen LogP contribution in [-0.4, -0.2) is 22.1 Å². The molecule has 2 unspecified atom stereocenters. The molecule has 0 heterocycles. The van der Waals surface area contributed by atoms with Crippen molar-refractivity contribution in [3.05, 3.63) is 34.9 Å². The second-order valence-electron chi connectivity index (χ2n) is 7.62. The maximum atomic E-state index is 11.1. The van der Waals surface area contributed by atoms with Crippen molar-refractivity contribution in [1.82, 2.24) is 0 Å². The number of thioether (sulfide) groups is 1. The number of carboxylic acids is 1. The van der Waals surface area contributed by atoms with Crippen LogP contribution in [0.5, 0.6) is 0 Å². The minimum Gasteiger partial charge on any atom is -0.481 e. The first-order valence-electron chi connectivity index (χ1n) is 9.67. The Morgan fingerprint density at radius 2 is 1.64 bits per heavy atom. The van der Waals surface area contributed by atoms with E-state index in [4.69, 9.17) is 5.11 Å². The lowest BCUT2D eigenvalue weighted by Gasteiger charge is -2.25. The van der Waals surface area contributed by atoms with E-state index >= 15 is 0 Å². The third-order valence-electron chi connectivity index (χ3n) is 4.86. The predicted molar refractivity (Wildman–Crippen MR) is 111 cm³/mol. The first-order valence-corrected chi connectivity index (χ1v) is 10.7. The van der Waals surface area contributed by atoms with E-state index in [1.165, 1.54) is 23.1 Å². The summed E-state index contributed by atoms with van der Waals surface area (Å²) in [5.41, 5.74) is 4.34. The number of allylic oxidation sites excluding steroid dienone is 5. The molecule has 0 radical (unpaired) electrons. The van der Waals surface area contributed by atoms with Crippen LogP contribution in [0, 0.1) is 5.92 Å². The summed E-state index contributed by atoms with van der Waals surface area (Å²) in [6.45, 7) is 8.75. The Morgan fingerprint density at radius 1 is 1.00 bits per heavy atom. The second kappa shape index (κ2) is 12.4. The number of hydrogen-bond acceptors (Lipinski definition) is 2. The summed E-state index contributed by atoms with van der Waals surface area (Å²) in [6.07, 6.45) is 15.5. The zero-order valence-electron chi connectivity index (χ0n) is 16.5. The number of hydrogen-bond donors (Lipinski definition) is 1. The van der Waals surface area contributed by atoms with E-state index in [9.17, 15) is 4.79 Å². The summed E-state index contributed by atoms with van der Waals surface area (Å²) in [5, 5.41) is 9.69. The van der Waals surface area contributed by atoms with Crippen molar-refractivity contribution >= 4 is 17.7 Å². The van der Waals surface area contributed by atoms with Gasteiger partial charge in [-0.15, -0.1) is 0 Å². The first kappa shape index (κ1) is 22.1. The Labute approximate surface area is 158 Å². The van der Waals surface area contributed by atoms with Crippen LogP contribution in [0.3, 0.4) is 0 Å². The SMILES string of the molecule is CC(C)=CCCC(C)=CCCC(C)=CCSC1CCCC(C(=O)O)C1. The van der Waals surface area contributed by atoms with Gasteiger partial charge in [0.2, 0.25) is 0 Å². The van der Waals surface area contributed by atoms with Gasteiger partial charge in [0.1, 0.15) is 0 Å². The minimum absolute atomic E-state index is 0.115. The van der Waals surface area contributed by atoms with Gasteiger partial charge in [-0.25, -0.2) is 0 Å². The summed E-state index contributed by atoms with van der Waals surface area (Å²) >= 11 is 1.94. The van der Waals surface area contributed by atoms with Crippen LogP contribution in [0.15, 0.2) is 34.9 Å². The highest BCUT2D eigenvalue weighted by Gasteiger charge is 2.26. The molecule has 25 heavy (non-hydrogen) atoms. The van der Waals surface area contributed by atoms with Crippen molar-refractivity contribution in [1.29, 1.82) is 0 Å². The molecule has 1 N–H and O–H groups in total. The zero-order valence-corrected chi connectivity index (χ0v) is 17.3. The molecule has 1 aliphatic rings. The molecular weight excluding hydrogens is 328 g/mol. The quantitative estimate of drug-likeness (QED) is 0.434. The van der Waals surface area contributed by atoms with E-state index in [0.29, 0.717) is 5.25 Å². The number of carbonyl (C=O) groups is 1. The Bertz CT molecular complexity index is 498. The third-order valence-corrected chi connectivity index (χ3v) is 6.12. The average molecular weight is 365 g/mol. The summed E-state index contributed by atoms with van der Waals surface area (Å²) < 4.78 is 0. The monoisotopic (exact) mass is 364 g/mol. The van der Waals surface area contributed by atoms with Crippen molar-refractivity contribution < 1.29 is 9.90 Å². The molecule has 0 bridgehead atoms. The van der Waals surface area contributed by atoms with E-state index in [1.807, 2.05) is 11.8 Å². The van der Waals surface area contributed by atoms with Gasteiger partial charge in [0.25, 0.3) is 0 Å². The zero-order chi connectivity index (χ0) is 18.7. The molecule has 0 amide bonds. The van der Waals surface area contributed by atoms with E-state index in [0.717, 1.165) is 50.7 Å². The molecule has 0 aliphatic heterocycles. The molecule has 2 nitrogen and oxygen atoms in total. The molecule has 3 heteroatoms. The van der Waals surface area contributed by atoms with Crippen LogP contribution in [0.25, 0.3) is 0 Å². The van der Waals surface area contributed by atoms with Crippen molar-refractivity contribution in [3.8, 4) is 0 Å². The smallest absolute Gasteiger partial charge is 0.306 e. The summed E-state index contributed by atoms with van der Waals surface area (Å²) in [5.74, 6) is 0.297. The van der Waals surface area contributed by atoms with Gasteiger partial charge in [-0.05, 0) is 72.6 Å². The van der Waals surface area contributed by atoms with E-state index in [2.05, 4.69) is 45.9 Å². The van der Waals surface area contributed by atoms with Gasteiger partial charge in [0, 0.05) is 11.0 Å². The lowest BCUT2D eigenvalue weighted by Crippen LogP contribution is -2.24. The van der Waals surface area contributed by atoms with Gasteiger partial charge in [0.15, 0.2) is 0 Å². The molecule has 142 valence electrons. The van der Waals surface area contributed by atoms with Gasteiger partial charge < -0.3 is 5.11 Å². The predicted octanol–water partition coefficient (Wildman–Crippen LogP) is 6.78. The van der Waals surface area contributed by atoms with Crippen LogP contribution < -0.4 is 0 Å². The summed E-state index contributed by atoms with van der Waals surface area (Å²) in [4.78, 5) is 11.1. The Hall–Kier alpha value is -0.960. The van der Waals surface area contributed by atoms with Crippen molar-refractivity contribution in [2.75, 3.05) is 5.75 Å². The van der Waals surface area contributed by atoms with Crippen LogP contribution in [0.2, 0.25) is 0 Å².